The van der Waals surface area contributed by atoms with Gasteiger partial charge in [0.2, 0.25) is 0 Å². The molecule has 0 amide bonds. The number of benzene rings is 1. The number of nitrogens with zero attached hydrogens (tertiary/aromatic N) is 1. The van der Waals surface area contributed by atoms with Crippen LogP contribution in [-0.4, -0.2) is 12.0 Å². The highest BCUT2D eigenvalue weighted by Gasteiger charge is 2.03. The van der Waals surface area contributed by atoms with Gasteiger partial charge in [-0.2, -0.15) is 0 Å². The molecule has 2 rings (SSSR count). The third-order valence-corrected chi connectivity index (χ3v) is 2.53. The largest absolute Gasteiger partial charge is 0.373 e. The quantitative estimate of drug-likeness (QED) is 0.775. The number of aromatic nitrogens is 1. The van der Waals surface area contributed by atoms with Gasteiger partial charge in [0, 0.05) is 12.4 Å². The summed E-state index contributed by atoms with van der Waals surface area (Å²) in [6.07, 6.45) is 0. The molecular formula is C11H11ClN2. The highest BCUT2D eigenvalue weighted by molar-refractivity contribution is 6.35. The van der Waals surface area contributed by atoms with Crippen molar-refractivity contribution in [1.29, 1.82) is 0 Å². The summed E-state index contributed by atoms with van der Waals surface area (Å²) in [6, 6.07) is 7.89. The van der Waals surface area contributed by atoms with E-state index in [1.807, 2.05) is 32.2 Å². The molecule has 72 valence electrons. The molecule has 2 aromatic rings. The summed E-state index contributed by atoms with van der Waals surface area (Å²) in [5.74, 6) is 0.880. The van der Waals surface area contributed by atoms with Gasteiger partial charge in [0.1, 0.15) is 5.82 Å². The van der Waals surface area contributed by atoms with Crippen LogP contribution in [-0.2, 0) is 0 Å². The molecule has 3 heteroatoms. The molecule has 0 saturated heterocycles. The van der Waals surface area contributed by atoms with Crippen LogP contribution in [0.2, 0.25) is 5.02 Å². The van der Waals surface area contributed by atoms with Crippen molar-refractivity contribution in [2.75, 3.05) is 12.4 Å². The minimum atomic E-state index is 0.694. The van der Waals surface area contributed by atoms with Gasteiger partial charge in [-0.1, -0.05) is 23.7 Å². The molecular weight excluding hydrogens is 196 g/mol. The maximum absolute atomic E-state index is 6.05. The van der Waals surface area contributed by atoms with Crippen molar-refractivity contribution in [2.24, 2.45) is 0 Å². The Morgan fingerprint density at radius 3 is 2.86 bits per heavy atom. The summed E-state index contributed by atoms with van der Waals surface area (Å²) in [5.41, 5.74) is 1.98. The lowest BCUT2D eigenvalue weighted by molar-refractivity contribution is 1.29. The van der Waals surface area contributed by atoms with Gasteiger partial charge in [0.05, 0.1) is 10.5 Å². The topological polar surface area (TPSA) is 24.9 Å². The second-order valence-corrected chi connectivity index (χ2v) is 3.62. The zero-order valence-corrected chi connectivity index (χ0v) is 8.89. The van der Waals surface area contributed by atoms with Gasteiger partial charge in [0.15, 0.2) is 0 Å². The summed E-state index contributed by atoms with van der Waals surface area (Å²) >= 11 is 6.05. The number of pyridine rings is 1. The van der Waals surface area contributed by atoms with E-state index in [-0.39, 0.29) is 0 Å². The summed E-state index contributed by atoms with van der Waals surface area (Å²) in [6.45, 7) is 2.03. The van der Waals surface area contributed by atoms with E-state index in [0.717, 1.165) is 22.3 Å². The van der Waals surface area contributed by atoms with Crippen molar-refractivity contribution >= 4 is 28.3 Å². The number of nitrogens with one attached hydrogen (secondary N) is 1. The predicted molar refractivity (Wildman–Crippen MR) is 61.0 cm³/mol. The summed E-state index contributed by atoms with van der Waals surface area (Å²) in [4.78, 5) is 4.45. The molecule has 1 aromatic heterocycles. The lowest BCUT2D eigenvalue weighted by atomic mass is 10.1. The molecule has 2 nitrogen and oxygen atoms in total. The van der Waals surface area contributed by atoms with Crippen LogP contribution in [0.3, 0.4) is 0 Å². The number of halogens is 1. The molecule has 0 aliphatic heterocycles. The second kappa shape index (κ2) is 3.46. The van der Waals surface area contributed by atoms with E-state index >= 15 is 0 Å². The molecule has 1 heterocycles. The van der Waals surface area contributed by atoms with E-state index in [0.29, 0.717) is 5.02 Å². The van der Waals surface area contributed by atoms with Crippen molar-refractivity contribution in [2.45, 2.75) is 6.92 Å². The molecule has 0 unspecified atom stereocenters. The van der Waals surface area contributed by atoms with Crippen LogP contribution in [0.1, 0.15) is 5.56 Å². The summed E-state index contributed by atoms with van der Waals surface area (Å²) in [7, 11) is 1.86. The van der Waals surface area contributed by atoms with Crippen LogP contribution in [0.15, 0.2) is 24.3 Å². The van der Waals surface area contributed by atoms with Crippen LogP contribution >= 0.6 is 11.6 Å². The predicted octanol–water partition coefficient (Wildman–Crippen LogP) is 3.24. The third-order valence-electron chi connectivity index (χ3n) is 2.22. The van der Waals surface area contributed by atoms with Gasteiger partial charge in [-0.05, 0) is 24.6 Å². The first kappa shape index (κ1) is 9.28. The van der Waals surface area contributed by atoms with Crippen molar-refractivity contribution in [3.05, 3.63) is 34.9 Å². The first-order valence-electron chi connectivity index (χ1n) is 4.46. The number of rotatable bonds is 1. The van der Waals surface area contributed by atoms with E-state index in [2.05, 4.69) is 16.4 Å². The molecule has 1 aromatic carbocycles. The standard InChI is InChI=1S/C11H11ClN2/c1-7-6-8-4-3-5-9(12)10(8)14-11(7)13-2/h3-6H,1-2H3,(H,13,14). The van der Waals surface area contributed by atoms with E-state index < -0.39 is 0 Å². The molecule has 0 saturated carbocycles. The number of hydrogen-bond donors (Lipinski definition) is 1. The Labute approximate surface area is 87.9 Å². The zero-order valence-electron chi connectivity index (χ0n) is 8.13. The lowest BCUT2D eigenvalue weighted by Crippen LogP contribution is -1.96. The van der Waals surface area contributed by atoms with Crippen molar-refractivity contribution in [3.8, 4) is 0 Å². The molecule has 1 N–H and O–H groups in total. The van der Waals surface area contributed by atoms with Gasteiger partial charge in [0.25, 0.3) is 0 Å². The van der Waals surface area contributed by atoms with Crippen molar-refractivity contribution in [1.82, 2.24) is 4.98 Å². The average Bonchev–Trinajstić information content (AvgIpc) is 2.17. The number of anilines is 1. The molecule has 0 radical (unpaired) electrons. The fourth-order valence-corrected chi connectivity index (χ4v) is 1.75. The van der Waals surface area contributed by atoms with Crippen LogP contribution in [0.25, 0.3) is 10.9 Å². The van der Waals surface area contributed by atoms with Gasteiger partial charge in [-0.15, -0.1) is 0 Å². The van der Waals surface area contributed by atoms with E-state index in [1.54, 1.807) is 0 Å². The molecule has 0 fully saturated rings. The number of para-hydroxylation sites is 1. The van der Waals surface area contributed by atoms with E-state index in [4.69, 9.17) is 11.6 Å². The smallest absolute Gasteiger partial charge is 0.129 e. The highest BCUT2D eigenvalue weighted by atomic mass is 35.5. The normalized spacial score (nSPS) is 10.5. The third kappa shape index (κ3) is 1.42. The van der Waals surface area contributed by atoms with Gasteiger partial charge in [-0.3, -0.25) is 0 Å². The Kier molecular flexibility index (Phi) is 2.30. The summed E-state index contributed by atoms with van der Waals surface area (Å²) in [5, 5.41) is 4.82. The number of aryl methyl sites for hydroxylation is 1. The molecule has 0 bridgehead atoms. The fraction of sp³-hybridized carbons (Fsp3) is 0.182. The van der Waals surface area contributed by atoms with E-state index in [9.17, 15) is 0 Å². The average molecular weight is 207 g/mol. The minimum absolute atomic E-state index is 0.694. The van der Waals surface area contributed by atoms with Crippen molar-refractivity contribution in [3.63, 3.8) is 0 Å². The van der Waals surface area contributed by atoms with Gasteiger partial charge >= 0.3 is 0 Å². The molecule has 0 spiro atoms. The first-order valence-corrected chi connectivity index (χ1v) is 4.84. The highest BCUT2D eigenvalue weighted by Crippen LogP contribution is 2.25. The molecule has 0 aliphatic rings. The number of fused-ring (bicyclic) bond motifs is 1. The van der Waals surface area contributed by atoms with Crippen molar-refractivity contribution < 1.29 is 0 Å². The van der Waals surface area contributed by atoms with Crippen LogP contribution in [0, 0.1) is 6.92 Å². The molecule has 0 aliphatic carbocycles. The fourth-order valence-electron chi connectivity index (χ4n) is 1.52. The first-order chi connectivity index (χ1) is 6.72. The van der Waals surface area contributed by atoms with Crippen LogP contribution in [0.4, 0.5) is 5.82 Å². The lowest BCUT2D eigenvalue weighted by Gasteiger charge is -2.06. The number of hydrogen-bond acceptors (Lipinski definition) is 2. The zero-order chi connectivity index (χ0) is 10.1. The van der Waals surface area contributed by atoms with E-state index in [1.165, 1.54) is 0 Å². The van der Waals surface area contributed by atoms with Gasteiger partial charge in [-0.25, -0.2) is 4.98 Å². The maximum atomic E-state index is 6.05. The minimum Gasteiger partial charge on any atom is -0.373 e. The Morgan fingerprint density at radius 1 is 1.36 bits per heavy atom. The monoisotopic (exact) mass is 206 g/mol. The Balaban J connectivity index is 2.80. The Morgan fingerprint density at radius 2 is 2.14 bits per heavy atom. The Hall–Kier alpha value is -1.28. The molecule has 0 atom stereocenters. The SMILES string of the molecule is CNc1nc2c(Cl)cccc2cc1C. The maximum Gasteiger partial charge on any atom is 0.129 e. The Bertz CT molecular complexity index is 480. The van der Waals surface area contributed by atoms with Gasteiger partial charge < -0.3 is 5.32 Å². The second-order valence-electron chi connectivity index (χ2n) is 3.22. The van der Waals surface area contributed by atoms with Crippen LogP contribution < -0.4 is 5.32 Å². The molecule has 14 heavy (non-hydrogen) atoms. The summed E-state index contributed by atoms with van der Waals surface area (Å²) < 4.78 is 0. The van der Waals surface area contributed by atoms with Crippen LogP contribution in [0.5, 0.6) is 0 Å².